The third-order valence-corrected chi connectivity index (χ3v) is 3.08. The van der Waals surface area contributed by atoms with Crippen LogP contribution in [0.5, 0.6) is 0 Å². The summed E-state index contributed by atoms with van der Waals surface area (Å²) in [5, 5.41) is 4.57. The molecule has 0 aromatic carbocycles. The number of morpholine rings is 1. The second kappa shape index (κ2) is 5.38. The average molecular weight is 241 g/mol. The Kier molecular flexibility index (Phi) is 3.87. The number of nitrogens with one attached hydrogen (secondary N) is 1. The van der Waals surface area contributed by atoms with Gasteiger partial charge in [-0.2, -0.15) is 0 Å². The van der Waals surface area contributed by atoms with Gasteiger partial charge in [-0.3, -0.25) is 4.79 Å². The van der Waals surface area contributed by atoms with E-state index in [1.54, 1.807) is 10.9 Å². The van der Waals surface area contributed by atoms with Gasteiger partial charge in [0.15, 0.2) is 0 Å². The number of likely N-dealkylation sites (N-methyl/N-ethyl adjacent to an activating group) is 1. The predicted octanol–water partition coefficient (Wildman–Crippen LogP) is 0.203. The van der Waals surface area contributed by atoms with Gasteiger partial charge >= 0.3 is 0 Å². The van der Waals surface area contributed by atoms with Crippen molar-refractivity contribution in [2.75, 3.05) is 33.3 Å². The fourth-order valence-corrected chi connectivity index (χ4v) is 2.14. The molecule has 0 radical (unpaired) electrons. The molecule has 1 aromatic heterocycles. The molecule has 5 nitrogen and oxygen atoms in total. The fraction of sp³-hybridized carbons (Fsp3) is 0.600. The monoisotopic (exact) mass is 241 g/mol. The van der Waals surface area contributed by atoms with Crippen molar-refractivity contribution in [3.8, 4) is 0 Å². The number of nitrogens with zero attached hydrogens (tertiary/aromatic N) is 2. The van der Waals surface area contributed by atoms with Crippen LogP contribution < -0.4 is 5.32 Å². The minimum absolute atomic E-state index is 0.0846. The Hall–Kier alpha value is -0.980. The zero-order valence-corrected chi connectivity index (χ0v) is 10.00. The highest BCUT2D eigenvalue weighted by atomic mass is 32.1. The molecule has 1 aliphatic rings. The van der Waals surface area contributed by atoms with Gasteiger partial charge in [0.25, 0.3) is 5.91 Å². The molecule has 0 saturated carbocycles. The van der Waals surface area contributed by atoms with E-state index in [0.29, 0.717) is 12.2 Å². The molecule has 88 valence electrons. The number of rotatable bonds is 3. The highest BCUT2D eigenvalue weighted by Crippen LogP contribution is 2.03. The van der Waals surface area contributed by atoms with Gasteiger partial charge < -0.3 is 15.0 Å². The molecule has 6 heteroatoms. The molecule has 1 fully saturated rings. The molecule has 1 N–H and O–H groups in total. The van der Waals surface area contributed by atoms with Crippen molar-refractivity contribution in [2.24, 2.45) is 0 Å². The van der Waals surface area contributed by atoms with E-state index in [4.69, 9.17) is 4.74 Å². The van der Waals surface area contributed by atoms with Gasteiger partial charge in [0.1, 0.15) is 5.69 Å². The van der Waals surface area contributed by atoms with Gasteiger partial charge in [-0.25, -0.2) is 4.98 Å². The number of aromatic nitrogens is 1. The summed E-state index contributed by atoms with van der Waals surface area (Å²) in [6, 6.07) is 0. The van der Waals surface area contributed by atoms with Crippen LogP contribution >= 0.6 is 11.3 Å². The molecular weight excluding hydrogens is 226 g/mol. The van der Waals surface area contributed by atoms with Crippen LogP contribution in [0.4, 0.5) is 0 Å². The van der Waals surface area contributed by atoms with E-state index in [0.717, 1.165) is 19.7 Å². The maximum Gasteiger partial charge on any atom is 0.270 e. The molecular formula is C10H15N3O2S. The van der Waals surface area contributed by atoms with E-state index >= 15 is 0 Å². The third kappa shape index (κ3) is 3.01. The van der Waals surface area contributed by atoms with Crippen LogP contribution in [-0.2, 0) is 4.74 Å². The summed E-state index contributed by atoms with van der Waals surface area (Å²) >= 11 is 1.42. The lowest BCUT2D eigenvalue weighted by molar-refractivity contribution is -0.0175. The average Bonchev–Trinajstić information content (AvgIpc) is 2.79. The van der Waals surface area contributed by atoms with Gasteiger partial charge in [-0.1, -0.05) is 0 Å². The molecule has 1 amide bonds. The van der Waals surface area contributed by atoms with Crippen molar-refractivity contribution in [2.45, 2.75) is 6.10 Å². The zero-order valence-electron chi connectivity index (χ0n) is 9.18. The molecule has 16 heavy (non-hydrogen) atoms. The van der Waals surface area contributed by atoms with Crippen LogP contribution in [0, 0.1) is 0 Å². The number of ether oxygens (including phenoxy) is 1. The van der Waals surface area contributed by atoms with Gasteiger partial charge in [-0.05, 0) is 7.05 Å². The Morgan fingerprint density at radius 3 is 3.38 bits per heavy atom. The number of amides is 1. The summed E-state index contributed by atoms with van der Waals surface area (Å²) in [4.78, 5) is 17.7. The van der Waals surface area contributed by atoms with E-state index in [-0.39, 0.29) is 12.0 Å². The minimum Gasteiger partial charge on any atom is -0.374 e. The second-order valence-corrected chi connectivity index (χ2v) is 4.56. The molecule has 2 rings (SSSR count). The van der Waals surface area contributed by atoms with Crippen molar-refractivity contribution in [3.63, 3.8) is 0 Å². The Morgan fingerprint density at radius 2 is 2.69 bits per heavy atom. The molecule has 1 atom stereocenters. The van der Waals surface area contributed by atoms with E-state index in [1.807, 2.05) is 0 Å². The van der Waals surface area contributed by atoms with Crippen molar-refractivity contribution < 1.29 is 9.53 Å². The topological polar surface area (TPSA) is 54.5 Å². The lowest BCUT2D eigenvalue weighted by Crippen LogP contribution is -2.45. The van der Waals surface area contributed by atoms with Gasteiger partial charge in [-0.15, -0.1) is 11.3 Å². The highest BCUT2D eigenvalue weighted by molar-refractivity contribution is 7.07. The molecule has 1 aromatic rings. The van der Waals surface area contributed by atoms with Crippen molar-refractivity contribution in [1.29, 1.82) is 0 Å². The number of carbonyl (C=O) groups is 1. The van der Waals surface area contributed by atoms with Crippen molar-refractivity contribution in [1.82, 2.24) is 15.2 Å². The summed E-state index contributed by atoms with van der Waals surface area (Å²) in [5.41, 5.74) is 2.13. The largest absolute Gasteiger partial charge is 0.374 e. The van der Waals surface area contributed by atoms with Gasteiger partial charge in [0.2, 0.25) is 0 Å². The SMILES string of the molecule is CN1CCOC(CNC(=O)c2cscn2)C1. The second-order valence-electron chi connectivity index (χ2n) is 3.84. The Morgan fingerprint density at radius 1 is 1.81 bits per heavy atom. The van der Waals surface area contributed by atoms with Crippen LogP contribution in [-0.4, -0.2) is 55.2 Å². The smallest absolute Gasteiger partial charge is 0.270 e. The first kappa shape index (κ1) is 11.5. The van der Waals surface area contributed by atoms with Crippen LogP contribution in [0.3, 0.4) is 0 Å². The molecule has 0 aliphatic carbocycles. The first-order valence-corrected chi connectivity index (χ1v) is 6.16. The van der Waals surface area contributed by atoms with Crippen LogP contribution in [0.1, 0.15) is 10.5 Å². The summed E-state index contributed by atoms with van der Waals surface area (Å²) in [5.74, 6) is -0.127. The zero-order chi connectivity index (χ0) is 11.4. The summed E-state index contributed by atoms with van der Waals surface area (Å²) in [6.07, 6.45) is 0.0846. The third-order valence-electron chi connectivity index (χ3n) is 2.50. The Bertz CT molecular complexity index is 342. The lowest BCUT2D eigenvalue weighted by atomic mass is 10.3. The molecule has 1 saturated heterocycles. The van der Waals surface area contributed by atoms with Crippen molar-refractivity contribution in [3.05, 3.63) is 16.6 Å². The summed E-state index contributed by atoms with van der Waals surface area (Å²) in [6.45, 7) is 3.09. The highest BCUT2D eigenvalue weighted by Gasteiger charge is 2.18. The van der Waals surface area contributed by atoms with Crippen LogP contribution in [0.15, 0.2) is 10.9 Å². The lowest BCUT2D eigenvalue weighted by Gasteiger charge is -2.29. The molecule has 0 bridgehead atoms. The first-order valence-electron chi connectivity index (χ1n) is 5.22. The first-order chi connectivity index (χ1) is 7.75. The van der Waals surface area contributed by atoms with E-state index < -0.39 is 0 Å². The minimum atomic E-state index is -0.127. The maximum atomic E-state index is 11.6. The molecule has 2 heterocycles. The quantitative estimate of drug-likeness (QED) is 0.821. The predicted molar refractivity (Wildman–Crippen MR) is 61.7 cm³/mol. The molecule has 1 aliphatic heterocycles. The normalized spacial score (nSPS) is 21.9. The standard InChI is InChI=1S/C10H15N3O2S/c1-13-2-3-15-8(5-13)4-11-10(14)9-6-16-7-12-9/h6-8H,2-5H2,1H3,(H,11,14). The van der Waals surface area contributed by atoms with E-state index in [9.17, 15) is 4.79 Å². The molecule has 1 unspecified atom stereocenters. The van der Waals surface area contributed by atoms with Crippen molar-refractivity contribution >= 4 is 17.2 Å². The summed E-state index contributed by atoms with van der Waals surface area (Å²) < 4.78 is 5.54. The Balaban J connectivity index is 1.77. The maximum absolute atomic E-state index is 11.6. The van der Waals surface area contributed by atoms with Crippen LogP contribution in [0.2, 0.25) is 0 Å². The summed E-state index contributed by atoms with van der Waals surface area (Å²) in [7, 11) is 2.05. The molecule has 0 spiro atoms. The van der Waals surface area contributed by atoms with Gasteiger partial charge in [0, 0.05) is 25.0 Å². The fourth-order valence-electron chi connectivity index (χ4n) is 1.61. The number of carbonyl (C=O) groups excluding carboxylic acids is 1. The van der Waals surface area contributed by atoms with Gasteiger partial charge in [0.05, 0.1) is 18.2 Å². The van der Waals surface area contributed by atoms with E-state index in [2.05, 4.69) is 22.2 Å². The number of hydrogen-bond acceptors (Lipinski definition) is 5. The Labute approximate surface area is 98.4 Å². The van der Waals surface area contributed by atoms with E-state index in [1.165, 1.54) is 11.3 Å². The number of hydrogen-bond donors (Lipinski definition) is 1. The number of thiazole rings is 1. The van der Waals surface area contributed by atoms with Crippen LogP contribution in [0.25, 0.3) is 0 Å².